The molecule has 1 amide bonds. The van der Waals surface area contributed by atoms with Crippen LogP contribution in [0.25, 0.3) is 15.9 Å². The number of aromatic nitrogens is 4. The first kappa shape index (κ1) is 20.6. The molecule has 0 aromatic carbocycles. The summed E-state index contributed by atoms with van der Waals surface area (Å²) in [6.07, 6.45) is 5.22. The minimum absolute atomic E-state index is 0.131. The number of aryl methyl sites for hydroxylation is 1. The number of thioether (sulfide) groups is 1. The van der Waals surface area contributed by atoms with Gasteiger partial charge in [-0.3, -0.25) is 9.20 Å². The first-order valence-corrected chi connectivity index (χ1v) is 12.2. The van der Waals surface area contributed by atoms with Gasteiger partial charge in [0.2, 0.25) is 5.91 Å². The van der Waals surface area contributed by atoms with Crippen molar-refractivity contribution in [3.05, 3.63) is 16.8 Å². The van der Waals surface area contributed by atoms with Crippen molar-refractivity contribution in [3.63, 3.8) is 0 Å². The molecule has 0 spiro atoms. The van der Waals surface area contributed by atoms with Crippen molar-refractivity contribution in [1.29, 1.82) is 0 Å². The van der Waals surface area contributed by atoms with E-state index in [4.69, 9.17) is 4.98 Å². The van der Waals surface area contributed by atoms with Crippen LogP contribution in [0.1, 0.15) is 51.5 Å². The number of nitrogens with zero attached hydrogens (tertiary/aromatic N) is 5. The Labute approximate surface area is 180 Å². The van der Waals surface area contributed by atoms with Gasteiger partial charge in [0, 0.05) is 18.0 Å². The molecule has 1 atom stereocenters. The van der Waals surface area contributed by atoms with Gasteiger partial charge in [-0.25, -0.2) is 4.98 Å². The normalized spacial score (nSPS) is 17.1. The lowest BCUT2D eigenvalue weighted by Crippen LogP contribution is -2.31. The smallest absolute Gasteiger partial charge is 0.233 e. The lowest BCUT2D eigenvalue weighted by atomic mass is 9.72. The molecular weight excluding hydrogens is 402 g/mol. The number of hydrogen-bond donors (Lipinski definition) is 0. The molecule has 0 fully saturated rings. The van der Waals surface area contributed by atoms with Gasteiger partial charge in [0.1, 0.15) is 11.2 Å². The molecule has 1 unspecified atom stereocenters. The molecule has 3 aromatic rings. The third-order valence-corrected chi connectivity index (χ3v) is 8.18. The predicted octanol–water partition coefficient (Wildman–Crippen LogP) is 4.45. The van der Waals surface area contributed by atoms with E-state index in [9.17, 15) is 4.79 Å². The highest BCUT2D eigenvalue weighted by molar-refractivity contribution is 7.99. The molecule has 156 valence electrons. The summed E-state index contributed by atoms with van der Waals surface area (Å²) >= 11 is 3.25. The van der Waals surface area contributed by atoms with Crippen molar-refractivity contribution >= 4 is 44.9 Å². The van der Waals surface area contributed by atoms with Crippen LogP contribution in [0, 0.1) is 11.3 Å². The van der Waals surface area contributed by atoms with Crippen LogP contribution in [-0.2, 0) is 17.6 Å². The van der Waals surface area contributed by atoms with Crippen molar-refractivity contribution < 1.29 is 4.79 Å². The van der Waals surface area contributed by atoms with Crippen LogP contribution < -0.4 is 0 Å². The Morgan fingerprint density at radius 3 is 2.76 bits per heavy atom. The number of rotatable bonds is 5. The van der Waals surface area contributed by atoms with E-state index in [1.807, 2.05) is 40.8 Å². The Morgan fingerprint density at radius 2 is 2.07 bits per heavy atom. The van der Waals surface area contributed by atoms with Gasteiger partial charge in [-0.15, -0.1) is 21.5 Å². The highest BCUT2D eigenvalue weighted by atomic mass is 32.2. The van der Waals surface area contributed by atoms with Gasteiger partial charge in [-0.2, -0.15) is 0 Å². The van der Waals surface area contributed by atoms with Crippen molar-refractivity contribution in [2.75, 3.05) is 18.8 Å². The molecule has 0 saturated heterocycles. The fourth-order valence-corrected chi connectivity index (χ4v) is 6.25. The van der Waals surface area contributed by atoms with Gasteiger partial charge in [-0.05, 0) is 50.0 Å². The number of carbonyl (C=O) groups is 1. The summed E-state index contributed by atoms with van der Waals surface area (Å²) in [6.45, 7) is 12.5. The molecule has 4 rings (SSSR count). The largest absolute Gasteiger partial charge is 0.343 e. The van der Waals surface area contributed by atoms with Crippen molar-refractivity contribution in [2.45, 2.75) is 59.0 Å². The maximum absolute atomic E-state index is 12.3. The number of amides is 1. The molecule has 1 aliphatic rings. The molecule has 6 nitrogen and oxygen atoms in total. The summed E-state index contributed by atoms with van der Waals surface area (Å²) in [4.78, 5) is 21.4. The minimum Gasteiger partial charge on any atom is -0.343 e. The maximum Gasteiger partial charge on any atom is 0.233 e. The molecule has 8 heteroatoms. The Hall–Kier alpha value is -1.67. The average molecular weight is 432 g/mol. The molecule has 0 bridgehead atoms. The molecule has 1 aliphatic carbocycles. The Morgan fingerprint density at radius 1 is 1.31 bits per heavy atom. The third kappa shape index (κ3) is 3.77. The first-order chi connectivity index (χ1) is 13.8. The van der Waals surface area contributed by atoms with E-state index < -0.39 is 0 Å². The Kier molecular flexibility index (Phi) is 5.59. The van der Waals surface area contributed by atoms with Gasteiger partial charge in [-0.1, -0.05) is 32.5 Å². The summed E-state index contributed by atoms with van der Waals surface area (Å²) in [5.41, 5.74) is 2.61. The van der Waals surface area contributed by atoms with Crippen molar-refractivity contribution in [1.82, 2.24) is 24.5 Å². The second kappa shape index (κ2) is 7.87. The quantitative estimate of drug-likeness (QED) is 0.559. The minimum atomic E-state index is 0.131. The van der Waals surface area contributed by atoms with Crippen LogP contribution in [0.4, 0.5) is 0 Å². The highest BCUT2D eigenvalue weighted by Gasteiger charge is 2.31. The number of fused-ring (bicyclic) bond motifs is 5. The zero-order valence-corrected chi connectivity index (χ0v) is 19.5. The van der Waals surface area contributed by atoms with E-state index in [0.717, 1.165) is 47.0 Å². The highest BCUT2D eigenvalue weighted by Crippen LogP contribution is 2.43. The zero-order valence-electron chi connectivity index (χ0n) is 17.9. The zero-order chi connectivity index (χ0) is 20.8. The molecular formula is C21H29N5OS2. The first-order valence-electron chi connectivity index (χ1n) is 10.4. The molecule has 0 saturated carbocycles. The maximum atomic E-state index is 12.3. The lowest BCUT2D eigenvalue weighted by Gasteiger charge is -2.33. The van der Waals surface area contributed by atoms with E-state index in [2.05, 4.69) is 31.0 Å². The fraction of sp³-hybridized carbons (Fsp3) is 0.619. The van der Waals surface area contributed by atoms with Crippen molar-refractivity contribution in [3.8, 4) is 0 Å². The summed E-state index contributed by atoms with van der Waals surface area (Å²) in [5.74, 6) is 1.20. The second-order valence-corrected chi connectivity index (χ2v) is 10.8. The monoisotopic (exact) mass is 431 g/mol. The molecule has 0 N–H and O–H groups in total. The SMILES string of the molecule is CCN(CC)C(=O)CSc1nnc2c3c4c(sc3ncn12)CC(C(C)(C)C)CC4. The fourth-order valence-electron chi connectivity index (χ4n) is 4.19. The topological polar surface area (TPSA) is 63.4 Å². The Bertz CT molecular complexity index is 1040. The van der Waals surface area contributed by atoms with Gasteiger partial charge in [0.15, 0.2) is 10.8 Å². The van der Waals surface area contributed by atoms with E-state index >= 15 is 0 Å². The van der Waals surface area contributed by atoms with E-state index in [1.54, 1.807) is 0 Å². The number of carbonyl (C=O) groups excluding carboxylic acids is 1. The summed E-state index contributed by atoms with van der Waals surface area (Å²) in [6, 6.07) is 0. The molecule has 0 radical (unpaired) electrons. The van der Waals surface area contributed by atoms with Gasteiger partial charge in [0.25, 0.3) is 0 Å². The van der Waals surface area contributed by atoms with Crippen molar-refractivity contribution in [2.24, 2.45) is 11.3 Å². The van der Waals surface area contributed by atoms with E-state index in [-0.39, 0.29) is 5.91 Å². The summed E-state index contributed by atoms with van der Waals surface area (Å²) in [5, 5.41) is 10.8. The van der Waals surface area contributed by atoms with E-state index in [1.165, 1.54) is 28.6 Å². The average Bonchev–Trinajstić information content (AvgIpc) is 3.26. The van der Waals surface area contributed by atoms with Gasteiger partial charge >= 0.3 is 0 Å². The summed E-state index contributed by atoms with van der Waals surface area (Å²) < 4.78 is 1.95. The number of thiophene rings is 1. The van der Waals surface area contributed by atoms with Crippen LogP contribution in [0.2, 0.25) is 0 Å². The second-order valence-electron chi connectivity index (χ2n) is 8.77. The molecule has 29 heavy (non-hydrogen) atoms. The molecule has 3 aromatic heterocycles. The Balaban J connectivity index is 1.64. The third-order valence-electron chi connectivity index (χ3n) is 6.09. The predicted molar refractivity (Wildman–Crippen MR) is 120 cm³/mol. The van der Waals surface area contributed by atoms with E-state index in [0.29, 0.717) is 17.1 Å². The van der Waals surface area contributed by atoms with Crippen LogP contribution in [0.15, 0.2) is 11.5 Å². The number of hydrogen-bond acceptors (Lipinski definition) is 6. The summed E-state index contributed by atoms with van der Waals surface area (Å²) in [7, 11) is 0. The molecule has 3 heterocycles. The van der Waals surface area contributed by atoms with Crippen LogP contribution in [0.5, 0.6) is 0 Å². The van der Waals surface area contributed by atoms with Gasteiger partial charge < -0.3 is 4.90 Å². The van der Waals surface area contributed by atoms with Crippen LogP contribution >= 0.6 is 23.1 Å². The lowest BCUT2D eigenvalue weighted by molar-refractivity contribution is -0.127. The van der Waals surface area contributed by atoms with Gasteiger partial charge in [0.05, 0.1) is 11.1 Å². The molecule has 0 aliphatic heterocycles. The van der Waals surface area contributed by atoms with Crippen LogP contribution in [-0.4, -0.2) is 49.2 Å². The van der Waals surface area contributed by atoms with Crippen LogP contribution in [0.3, 0.4) is 0 Å². The standard InChI is InChI=1S/C21H29N5OS2/c1-6-25(7-2)16(27)11-28-20-24-23-18-17-14-9-8-13(21(3,4)5)10-15(14)29-19(17)22-12-26(18)20/h12-13H,6-11H2,1-5H3.